The van der Waals surface area contributed by atoms with Gasteiger partial charge in [-0.3, -0.25) is 0 Å². The molecule has 0 spiro atoms. The molecule has 0 unspecified atom stereocenters. The van der Waals surface area contributed by atoms with E-state index in [1.807, 2.05) is 6.92 Å². The van der Waals surface area contributed by atoms with Crippen molar-refractivity contribution in [2.45, 2.75) is 13.3 Å². The van der Waals surface area contributed by atoms with Crippen LogP contribution in [-0.2, 0) is 9.53 Å². The Balaban J connectivity index is 3.16. The molecular weight excluding hydrogens is 134 g/mol. The number of alkyl carbamates (subject to hydrolysis) is 1. The van der Waals surface area contributed by atoms with Crippen LogP contribution in [0.25, 0.3) is 0 Å². The summed E-state index contributed by atoms with van der Waals surface area (Å²) >= 11 is 0. The number of rotatable bonds is 4. The molecule has 0 aliphatic rings. The highest BCUT2D eigenvalue weighted by molar-refractivity contribution is 5.70. The number of carbonyl (C=O) groups is 2. The molecule has 0 aliphatic heterocycles. The van der Waals surface area contributed by atoms with E-state index in [0.29, 0.717) is 12.9 Å². The van der Waals surface area contributed by atoms with Crippen molar-refractivity contribution in [2.75, 3.05) is 13.2 Å². The van der Waals surface area contributed by atoms with Gasteiger partial charge in [0.25, 0.3) is 0 Å². The van der Waals surface area contributed by atoms with Gasteiger partial charge in [0.05, 0.1) is 13.2 Å². The third-order valence-corrected chi connectivity index (χ3v) is 0.767. The van der Waals surface area contributed by atoms with E-state index < -0.39 is 6.09 Å². The first-order valence-electron chi connectivity index (χ1n) is 3.15. The number of ether oxygens (including phenoxy) is 1. The Morgan fingerprint density at radius 2 is 2.40 bits per heavy atom. The maximum Gasteiger partial charge on any atom is 0.407 e. The molecule has 4 nitrogen and oxygen atoms in total. The lowest BCUT2D eigenvalue weighted by molar-refractivity contribution is -0.107. The predicted octanol–water partition coefficient (Wildman–Crippen LogP) is 0.321. The van der Waals surface area contributed by atoms with Gasteiger partial charge in [0, 0.05) is 0 Å². The van der Waals surface area contributed by atoms with Gasteiger partial charge in [-0.05, 0) is 6.42 Å². The fourth-order valence-corrected chi connectivity index (χ4v) is 0.371. The zero-order valence-corrected chi connectivity index (χ0v) is 5.92. The lowest BCUT2D eigenvalue weighted by Gasteiger charge is -2.01. The molecule has 0 saturated carbocycles. The highest BCUT2D eigenvalue weighted by Gasteiger charge is 1.96. The standard InChI is InChI=1S/C6H11NO3/c1-2-5-10-6(9)7-3-4-8/h4H,2-3,5H2,1H3,(H,7,9). The minimum Gasteiger partial charge on any atom is -0.450 e. The summed E-state index contributed by atoms with van der Waals surface area (Å²) in [6.45, 7) is 2.31. The van der Waals surface area contributed by atoms with Gasteiger partial charge >= 0.3 is 6.09 Å². The van der Waals surface area contributed by atoms with Gasteiger partial charge in [0.15, 0.2) is 0 Å². The van der Waals surface area contributed by atoms with Gasteiger partial charge in [-0.15, -0.1) is 0 Å². The molecule has 0 aromatic heterocycles. The van der Waals surface area contributed by atoms with Gasteiger partial charge in [0.2, 0.25) is 0 Å². The highest BCUT2D eigenvalue weighted by atomic mass is 16.5. The molecule has 0 heterocycles. The summed E-state index contributed by atoms with van der Waals surface area (Å²) in [5.74, 6) is 0. The molecule has 1 amide bonds. The van der Waals surface area contributed by atoms with Crippen molar-refractivity contribution in [3.63, 3.8) is 0 Å². The Morgan fingerprint density at radius 3 is 2.90 bits per heavy atom. The third kappa shape index (κ3) is 5.08. The van der Waals surface area contributed by atoms with Crippen molar-refractivity contribution in [1.82, 2.24) is 5.32 Å². The lowest BCUT2D eigenvalue weighted by atomic mass is 10.5. The SMILES string of the molecule is CCCOC(=O)NCC=O. The third-order valence-electron chi connectivity index (χ3n) is 0.767. The summed E-state index contributed by atoms with van der Waals surface area (Å²) in [5, 5.41) is 2.24. The summed E-state index contributed by atoms with van der Waals surface area (Å²) in [7, 11) is 0. The normalized spacial score (nSPS) is 8.50. The van der Waals surface area contributed by atoms with Crippen LogP contribution in [0.15, 0.2) is 0 Å². The van der Waals surface area contributed by atoms with Gasteiger partial charge in [0.1, 0.15) is 6.29 Å². The van der Waals surface area contributed by atoms with Crippen molar-refractivity contribution in [2.24, 2.45) is 0 Å². The smallest absolute Gasteiger partial charge is 0.407 e. The van der Waals surface area contributed by atoms with E-state index in [9.17, 15) is 9.59 Å². The van der Waals surface area contributed by atoms with Crippen molar-refractivity contribution < 1.29 is 14.3 Å². The summed E-state index contributed by atoms with van der Waals surface area (Å²) in [5.41, 5.74) is 0. The van der Waals surface area contributed by atoms with E-state index in [2.05, 4.69) is 10.1 Å². The summed E-state index contributed by atoms with van der Waals surface area (Å²) in [6.07, 6.45) is 0.857. The van der Waals surface area contributed by atoms with Crippen LogP contribution in [-0.4, -0.2) is 25.5 Å². The van der Waals surface area contributed by atoms with Crippen LogP contribution in [0.2, 0.25) is 0 Å². The van der Waals surface area contributed by atoms with Crippen LogP contribution in [0, 0.1) is 0 Å². The van der Waals surface area contributed by atoms with Crippen molar-refractivity contribution in [3.05, 3.63) is 0 Å². The molecular formula is C6H11NO3. The van der Waals surface area contributed by atoms with Gasteiger partial charge < -0.3 is 14.8 Å². The van der Waals surface area contributed by atoms with Crippen LogP contribution in [0.3, 0.4) is 0 Å². The molecule has 4 heteroatoms. The summed E-state index contributed by atoms with van der Waals surface area (Å²) < 4.78 is 4.58. The van der Waals surface area contributed by atoms with Crippen LogP contribution in [0.4, 0.5) is 4.79 Å². The van der Waals surface area contributed by atoms with E-state index in [0.717, 1.165) is 6.42 Å². The van der Waals surface area contributed by atoms with Crippen LogP contribution in [0.5, 0.6) is 0 Å². The fraction of sp³-hybridized carbons (Fsp3) is 0.667. The maximum absolute atomic E-state index is 10.5. The van der Waals surface area contributed by atoms with Gasteiger partial charge in [-0.1, -0.05) is 6.92 Å². The molecule has 1 N–H and O–H groups in total. The molecule has 0 fully saturated rings. The number of hydrogen-bond donors (Lipinski definition) is 1. The van der Waals surface area contributed by atoms with Gasteiger partial charge in [-0.25, -0.2) is 4.79 Å². The molecule has 0 atom stereocenters. The summed E-state index contributed by atoms with van der Waals surface area (Å²) in [6, 6.07) is 0. The monoisotopic (exact) mass is 145 g/mol. The lowest BCUT2D eigenvalue weighted by Crippen LogP contribution is -2.26. The Hall–Kier alpha value is -1.06. The number of nitrogens with one attached hydrogen (secondary N) is 1. The van der Waals surface area contributed by atoms with E-state index >= 15 is 0 Å². The minimum atomic E-state index is -0.533. The average Bonchev–Trinajstić information content (AvgIpc) is 1.97. The van der Waals surface area contributed by atoms with E-state index in [-0.39, 0.29) is 6.54 Å². The topological polar surface area (TPSA) is 55.4 Å². The zero-order valence-electron chi connectivity index (χ0n) is 5.92. The second-order valence-electron chi connectivity index (χ2n) is 1.68. The van der Waals surface area contributed by atoms with E-state index in [1.54, 1.807) is 0 Å². The molecule has 0 aromatic rings. The molecule has 0 rings (SSSR count). The largest absolute Gasteiger partial charge is 0.450 e. The number of aldehydes is 1. The molecule has 0 saturated heterocycles. The second kappa shape index (κ2) is 6.07. The van der Waals surface area contributed by atoms with Crippen LogP contribution in [0.1, 0.15) is 13.3 Å². The first-order chi connectivity index (χ1) is 4.81. The van der Waals surface area contributed by atoms with Crippen molar-refractivity contribution >= 4 is 12.4 Å². The van der Waals surface area contributed by atoms with Crippen molar-refractivity contribution in [1.29, 1.82) is 0 Å². The Kier molecular flexibility index (Phi) is 5.42. The Morgan fingerprint density at radius 1 is 1.70 bits per heavy atom. The quantitative estimate of drug-likeness (QED) is 0.579. The molecule has 10 heavy (non-hydrogen) atoms. The number of carbonyl (C=O) groups excluding carboxylic acids is 2. The van der Waals surface area contributed by atoms with E-state index in [4.69, 9.17) is 0 Å². The Bertz CT molecular complexity index is 114. The number of hydrogen-bond acceptors (Lipinski definition) is 3. The highest BCUT2D eigenvalue weighted by Crippen LogP contribution is 1.79. The van der Waals surface area contributed by atoms with Gasteiger partial charge in [-0.2, -0.15) is 0 Å². The minimum absolute atomic E-state index is 0.0164. The van der Waals surface area contributed by atoms with Crippen LogP contribution < -0.4 is 5.32 Å². The second-order valence-corrected chi connectivity index (χ2v) is 1.68. The molecule has 58 valence electrons. The zero-order chi connectivity index (χ0) is 7.82. The average molecular weight is 145 g/mol. The summed E-state index contributed by atoms with van der Waals surface area (Å²) in [4.78, 5) is 20.2. The molecule has 0 aromatic carbocycles. The first-order valence-corrected chi connectivity index (χ1v) is 3.15. The van der Waals surface area contributed by atoms with Crippen LogP contribution >= 0.6 is 0 Å². The fourth-order valence-electron chi connectivity index (χ4n) is 0.371. The molecule has 0 aliphatic carbocycles. The van der Waals surface area contributed by atoms with Crippen molar-refractivity contribution in [3.8, 4) is 0 Å². The maximum atomic E-state index is 10.5. The number of amides is 1. The predicted molar refractivity (Wildman–Crippen MR) is 35.7 cm³/mol. The molecule has 0 radical (unpaired) electrons. The van der Waals surface area contributed by atoms with E-state index in [1.165, 1.54) is 0 Å². The molecule has 0 bridgehead atoms. The Labute approximate surface area is 59.6 Å². The first kappa shape index (κ1) is 8.94.